The van der Waals surface area contributed by atoms with Gasteiger partial charge in [0.25, 0.3) is 5.91 Å². The number of rotatable bonds is 7. The van der Waals surface area contributed by atoms with Crippen LogP contribution in [-0.4, -0.2) is 50.3 Å². The maximum atomic E-state index is 12.9. The molecule has 0 N–H and O–H groups in total. The van der Waals surface area contributed by atoms with Gasteiger partial charge in [0.2, 0.25) is 0 Å². The van der Waals surface area contributed by atoms with E-state index in [0.717, 1.165) is 30.7 Å². The summed E-state index contributed by atoms with van der Waals surface area (Å²) in [5.41, 5.74) is 1.25. The van der Waals surface area contributed by atoms with Crippen molar-refractivity contribution in [3.05, 3.63) is 65.7 Å². The van der Waals surface area contributed by atoms with Gasteiger partial charge in [0.1, 0.15) is 18.0 Å². The molecular formula is C22H27NO4. The summed E-state index contributed by atoms with van der Waals surface area (Å²) in [5.74, 6) is 0.839. The standard InChI is InChI=1S/C22H27NO4/c1-25-15-18-9-11-19(12-10-18)21(24)23-14-6-13-22(16-23,26-2)17-27-20-7-4-3-5-8-20/h3-5,7-12H,6,13-17H2,1-2H3. The first-order valence-corrected chi connectivity index (χ1v) is 9.26. The summed E-state index contributed by atoms with van der Waals surface area (Å²) in [5, 5.41) is 0. The highest BCUT2D eigenvalue weighted by atomic mass is 16.5. The molecule has 0 bridgehead atoms. The molecular weight excluding hydrogens is 342 g/mol. The number of para-hydroxylation sites is 1. The van der Waals surface area contributed by atoms with Gasteiger partial charge in [-0.2, -0.15) is 0 Å². The van der Waals surface area contributed by atoms with Gasteiger partial charge in [-0.25, -0.2) is 0 Å². The minimum Gasteiger partial charge on any atom is -0.491 e. The van der Waals surface area contributed by atoms with E-state index in [0.29, 0.717) is 25.3 Å². The number of carbonyl (C=O) groups is 1. The molecule has 0 aliphatic carbocycles. The average molecular weight is 369 g/mol. The topological polar surface area (TPSA) is 48.0 Å². The Bertz CT molecular complexity index is 732. The van der Waals surface area contributed by atoms with Crippen molar-refractivity contribution in [1.82, 2.24) is 4.90 Å². The molecule has 2 aromatic carbocycles. The third-order valence-electron chi connectivity index (χ3n) is 5.02. The summed E-state index contributed by atoms with van der Waals surface area (Å²) < 4.78 is 16.9. The number of hydrogen-bond acceptors (Lipinski definition) is 4. The van der Waals surface area contributed by atoms with E-state index in [1.54, 1.807) is 14.2 Å². The van der Waals surface area contributed by atoms with Gasteiger partial charge in [-0.15, -0.1) is 0 Å². The number of benzene rings is 2. The van der Waals surface area contributed by atoms with Crippen molar-refractivity contribution in [3.63, 3.8) is 0 Å². The van der Waals surface area contributed by atoms with Gasteiger partial charge in [-0.1, -0.05) is 30.3 Å². The number of piperidine rings is 1. The van der Waals surface area contributed by atoms with Crippen LogP contribution in [0.4, 0.5) is 0 Å². The smallest absolute Gasteiger partial charge is 0.253 e. The van der Waals surface area contributed by atoms with E-state index in [2.05, 4.69) is 0 Å². The Labute approximate surface area is 160 Å². The molecule has 27 heavy (non-hydrogen) atoms. The van der Waals surface area contributed by atoms with Crippen LogP contribution >= 0.6 is 0 Å². The molecule has 1 fully saturated rings. The Balaban J connectivity index is 1.66. The second-order valence-electron chi connectivity index (χ2n) is 6.95. The van der Waals surface area contributed by atoms with Crippen LogP contribution in [-0.2, 0) is 16.1 Å². The third-order valence-corrected chi connectivity index (χ3v) is 5.02. The average Bonchev–Trinajstić information content (AvgIpc) is 2.73. The van der Waals surface area contributed by atoms with Crippen LogP contribution < -0.4 is 4.74 Å². The summed E-state index contributed by atoms with van der Waals surface area (Å²) in [6.45, 7) is 2.22. The van der Waals surface area contributed by atoms with E-state index >= 15 is 0 Å². The lowest BCUT2D eigenvalue weighted by Crippen LogP contribution is -2.54. The largest absolute Gasteiger partial charge is 0.491 e. The van der Waals surface area contributed by atoms with Gasteiger partial charge in [0.05, 0.1) is 13.2 Å². The molecule has 1 heterocycles. The molecule has 5 heteroatoms. The maximum Gasteiger partial charge on any atom is 0.253 e. The Morgan fingerprint density at radius 1 is 1.07 bits per heavy atom. The van der Waals surface area contributed by atoms with E-state index < -0.39 is 5.60 Å². The van der Waals surface area contributed by atoms with Crippen molar-refractivity contribution in [2.24, 2.45) is 0 Å². The Morgan fingerprint density at radius 2 is 1.81 bits per heavy atom. The van der Waals surface area contributed by atoms with Crippen molar-refractivity contribution >= 4 is 5.91 Å². The predicted octanol–water partition coefficient (Wildman–Crippen LogP) is 3.53. The fraction of sp³-hybridized carbons (Fsp3) is 0.409. The van der Waals surface area contributed by atoms with Crippen molar-refractivity contribution in [3.8, 4) is 5.75 Å². The second-order valence-corrected chi connectivity index (χ2v) is 6.95. The summed E-state index contributed by atoms with van der Waals surface area (Å²) >= 11 is 0. The molecule has 5 nitrogen and oxygen atoms in total. The number of carbonyl (C=O) groups excluding carboxylic acids is 1. The quantitative estimate of drug-likeness (QED) is 0.749. The molecule has 144 valence electrons. The SMILES string of the molecule is COCc1ccc(C(=O)N2CCCC(COc3ccccc3)(OC)C2)cc1. The fourth-order valence-corrected chi connectivity index (χ4v) is 3.44. The van der Waals surface area contributed by atoms with Crippen LogP contribution in [0.2, 0.25) is 0 Å². The van der Waals surface area contributed by atoms with Crippen molar-refractivity contribution in [2.75, 3.05) is 33.9 Å². The number of methoxy groups -OCH3 is 2. The first kappa shape index (κ1) is 19.4. The zero-order valence-electron chi connectivity index (χ0n) is 16.0. The Kier molecular flexibility index (Phi) is 6.48. The van der Waals surface area contributed by atoms with Gasteiger partial charge in [0, 0.05) is 26.3 Å². The molecule has 1 aliphatic heterocycles. The molecule has 3 rings (SSSR count). The number of ether oxygens (including phenoxy) is 3. The highest BCUT2D eigenvalue weighted by molar-refractivity contribution is 5.94. The van der Waals surface area contributed by atoms with Crippen LogP contribution in [0.5, 0.6) is 5.75 Å². The molecule has 1 saturated heterocycles. The summed E-state index contributed by atoms with van der Waals surface area (Å²) in [6.07, 6.45) is 1.76. The highest BCUT2D eigenvalue weighted by Crippen LogP contribution is 2.27. The first-order valence-electron chi connectivity index (χ1n) is 9.26. The van der Waals surface area contributed by atoms with Crippen LogP contribution in [0.1, 0.15) is 28.8 Å². The number of likely N-dealkylation sites (tertiary alicyclic amines) is 1. The van der Waals surface area contributed by atoms with Gasteiger partial charge in [-0.05, 0) is 42.7 Å². The van der Waals surface area contributed by atoms with Gasteiger partial charge < -0.3 is 19.1 Å². The highest BCUT2D eigenvalue weighted by Gasteiger charge is 2.38. The lowest BCUT2D eigenvalue weighted by Gasteiger charge is -2.41. The summed E-state index contributed by atoms with van der Waals surface area (Å²) in [6, 6.07) is 17.3. The monoisotopic (exact) mass is 369 g/mol. The minimum absolute atomic E-state index is 0.0276. The van der Waals surface area contributed by atoms with Crippen LogP contribution in [0, 0.1) is 0 Å². The molecule has 1 unspecified atom stereocenters. The third kappa shape index (κ3) is 4.87. The summed E-state index contributed by atoms with van der Waals surface area (Å²) in [4.78, 5) is 14.8. The minimum atomic E-state index is -0.486. The molecule has 0 radical (unpaired) electrons. The molecule has 0 aromatic heterocycles. The number of nitrogens with zero attached hydrogens (tertiary/aromatic N) is 1. The Hall–Kier alpha value is -2.37. The second kappa shape index (κ2) is 9.02. The molecule has 1 atom stereocenters. The van der Waals surface area contributed by atoms with Crippen LogP contribution in [0.25, 0.3) is 0 Å². The lowest BCUT2D eigenvalue weighted by molar-refractivity contribution is -0.0824. The van der Waals surface area contributed by atoms with Gasteiger partial charge in [0.15, 0.2) is 0 Å². The number of hydrogen-bond donors (Lipinski definition) is 0. The van der Waals surface area contributed by atoms with Crippen molar-refractivity contribution < 1.29 is 19.0 Å². The fourth-order valence-electron chi connectivity index (χ4n) is 3.44. The zero-order chi connectivity index (χ0) is 19.1. The van der Waals surface area contributed by atoms with Crippen molar-refractivity contribution in [1.29, 1.82) is 0 Å². The summed E-state index contributed by atoms with van der Waals surface area (Å²) in [7, 11) is 3.36. The molecule has 0 saturated carbocycles. The van der Waals surface area contributed by atoms with E-state index in [4.69, 9.17) is 14.2 Å². The molecule has 2 aromatic rings. The van der Waals surface area contributed by atoms with Gasteiger partial charge in [-0.3, -0.25) is 4.79 Å². The van der Waals surface area contributed by atoms with Crippen molar-refractivity contribution in [2.45, 2.75) is 25.0 Å². The molecule has 1 aliphatic rings. The maximum absolute atomic E-state index is 12.9. The number of amides is 1. The van der Waals surface area contributed by atoms with Crippen LogP contribution in [0.3, 0.4) is 0 Å². The zero-order valence-corrected chi connectivity index (χ0v) is 16.0. The Morgan fingerprint density at radius 3 is 2.48 bits per heavy atom. The van der Waals surface area contributed by atoms with E-state index in [1.165, 1.54) is 0 Å². The molecule has 0 spiro atoms. The normalized spacial score (nSPS) is 19.7. The predicted molar refractivity (Wildman–Crippen MR) is 104 cm³/mol. The first-order chi connectivity index (χ1) is 13.2. The van der Waals surface area contributed by atoms with Gasteiger partial charge >= 0.3 is 0 Å². The van der Waals surface area contributed by atoms with E-state index in [1.807, 2.05) is 59.5 Å². The van der Waals surface area contributed by atoms with Crippen LogP contribution in [0.15, 0.2) is 54.6 Å². The molecule has 1 amide bonds. The van der Waals surface area contributed by atoms with E-state index in [9.17, 15) is 4.79 Å². The van der Waals surface area contributed by atoms with E-state index in [-0.39, 0.29) is 5.91 Å². The lowest BCUT2D eigenvalue weighted by atomic mass is 9.92.